The zero-order valence-corrected chi connectivity index (χ0v) is 16.1. The maximum atomic E-state index is 14.7. The van der Waals surface area contributed by atoms with Gasteiger partial charge in [0.1, 0.15) is 11.3 Å². The molecule has 0 spiro atoms. The first kappa shape index (κ1) is 19.6. The van der Waals surface area contributed by atoms with Crippen LogP contribution in [0.15, 0.2) is 24.4 Å². The molecule has 1 aliphatic rings. The van der Waals surface area contributed by atoms with E-state index in [1.807, 2.05) is 0 Å². The average Bonchev–Trinajstić information content (AvgIpc) is 3.12. The van der Waals surface area contributed by atoms with Crippen LogP contribution in [0, 0.1) is 11.6 Å². The number of pyridine rings is 2. The van der Waals surface area contributed by atoms with E-state index in [1.165, 1.54) is 7.11 Å². The van der Waals surface area contributed by atoms with Crippen molar-refractivity contribution in [1.82, 2.24) is 25.5 Å². The summed E-state index contributed by atoms with van der Waals surface area (Å²) in [6.07, 6.45) is 1.58. The van der Waals surface area contributed by atoms with Crippen molar-refractivity contribution < 1.29 is 22.9 Å². The molecule has 1 aliphatic heterocycles. The molecule has 0 aromatic carbocycles. The van der Waals surface area contributed by atoms with E-state index in [2.05, 4.69) is 25.5 Å². The molecule has 0 amide bonds. The lowest BCUT2D eigenvalue weighted by Gasteiger charge is -2.41. The number of rotatable bonds is 5. The number of hydrogen-bond donors (Lipinski definition) is 3. The lowest BCUT2D eigenvalue weighted by Crippen LogP contribution is -2.62. The number of aliphatic hydroxyl groups is 1. The Morgan fingerprint density at radius 1 is 1.41 bits per heavy atom. The first-order valence-electron chi connectivity index (χ1n) is 9.26. The Kier molecular flexibility index (Phi) is 5.15. The van der Waals surface area contributed by atoms with Crippen molar-refractivity contribution in [3.63, 3.8) is 0 Å². The number of nitrogens with one attached hydrogen (secondary N) is 2. The van der Waals surface area contributed by atoms with Crippen LogP contribution in [0.25, 0.3) is 22.4 Å². The van der Waals surface area contributed by atoms with Crippen LogP contribution in [0.5, 0.6) is 0 Å². The molecule has 2 atom stereocenters. The summed E-state index contributed by atoms with van der Waals surface area (Å²) in [5.41, 5.74) is -0.425. The molecule has 8 nitrogen and oxygen atoms in total. The molecule has 10 heteroatoms. The minimum absolute atomic E-state index is 0. The van der Waals surface area contributed by atoms with Gasteiger partial charge in [0.2, 0.25) is 0 Å². The number of nitrogens with zero attached hydrogens (tertiary/aromatic N) is 4. The molecule has 1 fully saturated rings. The highest BCUT2D eigenvalue weighted by molar-refractivity contribution is 5.89. The van der Waals surface area contributed by atoms with E-state index < -0.39 is 17.2 Å². The van der Waals surface area contributed by atoms with Crippen LogP contribution in [-0.4, -0.2) is 70.3 Å². The molecule has 3 N–H and O–H groups in total. The number of H-pyrrole nitrogens is 1. The second kappa shape index (κ2) is 7.62. The molecule has 4 rings (SSSR count). The minimum atomic E-state index is -1.15. The van der Waals surface area contributed by atoms with Gasteiger partial charge in [-0.1, -0.05) is 0 Å². The number of hydrogen-bond acceptors (Lipinski definition) is 7. The maximum absolute atomic E-state index is 14.7. The Morgan fingerprint density at radius 3 is 3.03 bits per heavy atom. The third-order valence-electron chi connectivity index (χ3n) is 5.14. The monoisotopic (exact) mass is 410 g/mol. The number of ether oxygens (including phenoxy) is 1. The van der Waals surface area contributed by atoms with Crippen LogP contribution >= 0.6 is 0 Å². The molecule has 3 aromatic heterocycles. The predicted octanol–water partition coefficient (Wildman–Crippen LogP) is 2.21. The fourth-order valence-electron chi connectivity index (χ4n) is 3.64. The second-order valence-electron chi connectivity index (χ2n) is 7.34. The van der Waals surface area contributed by atoms with Gasteiger partial charge in [0, 0.05) is 48.7 Å². The largest absolute Gasteiger partial charge is 0.386 e. The molecular weight excluding hydrogens is 382 g/mol. The van der Waals surface area contributed by atoms with Gasteiger partial charge in [-0.3, -0.25) is 5.10 Å². The van der Waals surface area contributed by atoms with Crippen molar-refractivity contribution in [3.8, 4) is 11.4 Å². The van der Waals surface area contributed by atoms with E-state index in [4.69, 9.17) is 4.74 Å². The second-order valence-corrected chi connectivity index (χ2v) is 7.34. The normalized spacial score (nSPS) is 19.5. The van der Waals surface area contributed by atoms with E-state index in [0.29, 0.717) is 29.8 Å². The molecule has 0 saturated carbocycles. The zero-order valence-electron chi connectivity index (χ0n) is 16.1. The Bertz CT molecular complexity index is 1040. The third-order valence-corrected chi connectivity index (χ3v) is 5.14. The summed E-state index contributed by atoms with van der Waals surface area (Å²) in [6, 6.07) is 3.91. The highest BCUT2D eigenvalue weighted by Crippen LogP contribution is 2.30. The molecule has 29 heavy (non-hydrogen) atoms. The van der Waals surface area contributed by atoms with Gasteiger partial charge in [0.25, 0.3) is 0 Å². The van der Waals surface area contributed by atoms with Crippen LogP contribution < -0.4 is 10.2 Å². The highest BCUT2D eigenvalue weighted by Gasteiger charge is 2.36. The van der Waals surface area contributed by atoms with E-state index in [9.17, 15) is 13.9 Å². The Labute approximate surface area is 170 Å². The summed E-state index contributed by atoms with van der Waals surface area (Å²) >= 11 is 0. The van der Waals surface area contributed by atoms with Gasteiger partial charge in [-0.2, -0.15) is 5.10 Å². The van der Waals surface area contributed by atoms with Crippen LogP contribution in [0.1, 0.15) is 11.2 Å². The fourth-order valence-corrected chi connectivity index (χ4v) is 3.64. The van der Waals surface area contributed by atoms with Gasteiger partial charge in [0.05, 0.1) is 18.3 Å². The summed E-state index contributed by atoms with van der Waals surface area (Å²) in [5.74, 6) is -1.54. The molecule has 2 unspecified atom stereocenters. The maximum Gasteiger partial charge on any atom is 0.181 e. The van der Waals surface area contributed by atoms with E-state index in [0.717, 1.165) is 6.07 Å². The van der Waals surface area contributed by atoms with Crippen molar-refractivity contribution in [2.24, 2.45) is 0 Å². The smallest absolute Gasteiger partial charge is 0.181 e. The van der Waals surface area contributed by atoms with Gasteiger partial charge >= 0.3 is 0 Å². The highest BCUT2D eigenvalue weighted by atomic mass is 19.1. The van der Waals surface area contributed by atoms with Gasteiger partial charge in [0.15, 0.2) is 23.1 Å². The molecule has 0 bridgehead atoms. The van der Waals surface area contributed by atoms with Gasteiger partial charge in [-0.15, -0.1) is 0 Å². The van der Waals surface area contributed by atoms with E-state index in [-0.39, 0.29) is 35.0 Å². The molecule has 160 valence electrons. The molecule has 4 heterocycles. The number of aromatic nitrogens is 4. The summed E-state index contributed by atoms with van der Waals surface area (Å²) in [5, 5.41) is 21.3. The van der Waals surface area contributed by atoms with Crippen molar-refractivity contribution >= 4 is 16.9 Å². The van der Waals surface area contributed by atoms with Crippen LogP contribution in [0.4, 0.5) is 14.6 Å². The first-order valence-corrected chi connectivity index (χ1v) is 9.26. The Hall–Kier alpha value is -2.69. The number of methoxy groups -OCH3 is 1. The van der Waals surface area contributed by atoms with Crippen molar-refractivity contribution in [1.29, 1.82) is 0 Å². The summed E-state index contributed by atoms with van der Waals surface area (Å²) < 4.78 is 34.3. The van der Waals surface area contributed by atoms with E-state index >= 15 is 0 Å². The lowest BCUT2D eigenvalue weighted by atomic mass is 9.95. The summed E-state index contributed by atoms with van der Waals surface area (Å²) in [6.45, 7) is 3.03. The number of anilines is 1. The molecular formula is C19H28F2N6O2. The lowest BCUT2D eigenvalue weighted by molar-refractivity contribution is -0.0442. The average molecular weight is 410 g/mol. The quantitative estimate of drug-likeness (QED) is 0.593. The summed E-state index contributed by atoms with van der Waals surface area (Å²) in [7, 11) is 1.51. The Morgan fingerprint density at radius 2 is 2.24 bits per heavy atom. The Balaban J connectivity index is 0.00000171. The molecule has 0 aliphatic carbocycles. The predicted molar refractivity (Wildman–Crippen MR) is 110 cm³/mol. The molecule has 0 radical (unpaired) electrons. The zero-order chi connectivity index (χ0) is 20.6. The summed E-state index contributed by atoms with van der Waals surface area (Å²) in [4.78, 5) is 10.1. The molecule has 3 aromatic rings. The third kappa shape index (κ3) is 3.66. The van der Waals surface area contributed by atoms with Gasteiger partial charge < -0.3 is 20.1 Å². The minimum Gasteiger partial charge on any atom is -0.386 e. The van der Waals surface area contributed by atoms with Crippen molar-refractivity contribution in [3.05, 3.63) is 36.0 Å². The van der Waals surface area contributed by atoms with Crippen molar-refractivity contribution in [2.45, 2.75) is 18.6 Å². The van der Waals surface area contributed by atoms with Crippen molar-refractivity contribution in [2.75, 3.05) is 38.3 Å². The standard InChI is InChI=1S/C19H22F2N6O2.3H2/c1-19(28,10-29-2)14-9-27(7-6-22-14)18-13(21)8-12(20)16(24-18)15-11-4-3-5-23-17(11)26-25-15;;;/h3-5,8,14,22,28H,6-7,9-10H2,1-2H3,(H,23,25,26);3*1H. The van der Waals surface area contributed by atoms with Crippen LogP contribution in [0.2, 0.25) is 0 Å². The molecule has 1 saturated heterocycles. The van der Waals surface area contributed by atoms with Crippen LogP contribution in [0.3, 0.4) is 0 Å². The number of fused-ring (bicyclic) bond motifs is 1. The number of halogens is 2. The first-order chi connectivity index (χ1) is 13.9. The SMILES string of the molecule is COCC(C)(O)C1CN(c2nc(-c3[nH]nc4ncccc34)c(F)cc2F)CCN1.[HH].[HH].[HH]. The van der Waals surface area contributed by atoms with Gasteiger partial charge in [-0.25, -0.2) is 18.7 Å². The topological polar surface area (TPSA) is 99.2 Å². The fraction of sp³-hybridized carbons (Fsp3) is 0.421. The van der Waals surface area contributed by atoms with Gasteiger partial charge in [-0.05, 0) is 19.1 Å². The van der Waals surface area contributed by atoms with Crippen LogP contribution in [-0.2, 0) is 4.74 Å². The number of aromatic amines is 1. The number of piperazine rings is 1. The van der Waals surface area contributed by atoms with E-state index in [1.54, 1.807) is 30.2 Å².